The van der Waals surface area contributed by atoms with E-state index in [0.29, 0.717) is 5.69 Å². The van der Waals surface area contributed by atoms with Crippen molar-refractivity contribution in [3.8, 4) is 0 Å². The highest BCUT2D eigenvalue weighted by molar-refractivity contribution is 9.10. The van der Waals surface area contributed by atoms with Gasteiger partial charge in [0.05, 0.1) is 0 Å². The quantitative estimate of drug-likeness (QED) is 0.592. The molecular weight excluding hydrogens is 332 g/mol. The Hall–Kier alpha value is -1.99. The highest BCUT2D eigenvalue weighted by Gasteiger charge is 2.14. The van der Waals surface area contributed by atoms with E-state index in [1.54, 1.807) is 24.3 Å². The third-order valence-corrected chi connectivity index (χ3v) is 3.02. The molecule has 4 N–H and O–H groups in total. The molecule has 4 nitrogen and oxygen atoms in total. The molecule has 0 unspecified atom stereocenters. The Labute approximate surface area is 122 Å². The number of nitrogens with one attached hydrogen (secondary N) is 2. The number of nitrogens with two attached hydrogens (primary N) is 1. The Bertz CT molecular complexity index is 641. The molecule has 0 atom stereocenters. The molecule has 2 aromatic carbocycles. The van der Waals surface area contributed by atoms with Gasteiger partial charge in [-0.15, -0.1) is 0 Å². The summed E-state index contributed by atoms with van der Waals surface area (Å²) in [5.41, 5.74) is 1.78. The largest absolute Gasteiger partial charge is 0.322 e. The Morgan fingerprint density at radius 1 is 1.15 bits per heavy atom. The minimum Gasteiger partial charge on any atom is -0.322 e. The molecule has 0 heterocycles. The van der Waals surface area contributed by atoms with Crippen molar-refractivity contribution in [3.63, 3.8) is 0 Å². The fourth-order valence-corrected chi connectivity index (χ4v) is 2.01. The highest BCUT2D eigenvalue weighted by Crippen LogP contribution is 2.21. The third-order valence-electron chi connectivity index (χ3n) is 2.53. The van der Waals surface area contributed by atoms with Crippen LogP contribution < -0.4 is 16.6 Å². The standard InChI is InChI=1S/C13H10BrF2N3O/c14-8-2-1-3-9(6-8)18-13(20)7-4-10(15)12(19-17)11(16)5-7/h1-6,19H,17H2,(H,18,20). The average Bonchev–Trinajstić information content (AvgIpc) is 2.38. The minimum absolute atomic E-state index is 0.140. The summed E-state index contributed by atoms with van der Waals surface area (Å²) in [4.78, 5) is 11.9. The number of anilines is 2. The third kappa shape index (κ3) is 3.12. The lowest BCUT2D eigenvalue weighted by Gasteiger charge is -2.08. The van der Waals surface area contributed by atoms with Crippen molar-refractivity contribution in [1.82, 2.24) is 0 Å². The van der Waals surface area contributed by atoms with E-state index in [1.807, 2.05) is 5.43 Å². The molecule has 0 bridgehead atoms. The molecule has 0 spiro atoms. The molecule has 2 rings (SSSR count). The number of rotatable bonds is 3. The van der Waals surface area contributed by atoms with Gasteiger partial charge in [-0.25, -0.2) is 8.78 Å². The van der Waals surface area contributed by atoms with Gasteiger partial charge in [0.25, 0.3) is 5.91 Å². The van der Waals surface area contributed by atoms with Crippen LogP contribution in [-0.2, 0) is 0 Å². The topological polar surface area (TPSA) is 67.1 Å². The fourth-order valence-electron chi connectivity index (χ4n) is 1.61. The summed E-state index contributed by atoms with van der Waals surface area (Å²) in [5.74, 6) is 2.49. The first-order valence-corrected chi connectivity index (χ1v) is 6.33. The van der Waals surface area contributed by atoms with Crippen molar-refractivity contribution in [2.75, 3.05) is 10.7 Å². The molecule has 0 aromatic heterocycles. The predicted octanol–water partition coefficient (Wildman–Crippen LogP) is 3.27. The van der Waals surface area contributed by atoms with Crippen molar-refractivity contribution in [2.45, 2.75) is 0 Å². The van der Waals surface area contributed by atoms with Gasteiger partial charge < -0.3 is 10.7 Å². The number of carbonyl (C=O) groups excluding carboxylic acids is 1. The molecule has 0 aliphatic carbocycles. The van der Waals surface area contributed by atoms with E-state index in [4.69, 9.17) is 5.84 Å². The monoisotopic (exact) mass is 341 g/mol. The highest BCUT2D eigenvalue weighted by atomic mass is 79.9. The number of hydrogen-bond donors (Lipinski definition) is 3. The van der Waals surface area contributed by atoms with Crippen LogP contribution in [0.5, 0.6) is 0 Å². The normalized spacial score (nSPS) is 10.2. The number of carbonyl (C=O) groups is 1. The summed E-state index contributed by atoms with van der Waals surface area (Å²) in [6.07, 6.45) is 0. The lowest BCUT2D eigenvalue weighted by Crippen LogP contribution is -2.15. The predicted molar refractivity (Wildman–Crippen MR) is 76.3 cm³/mol. The Morgan fingerprint density at radius 3 is 2.35 bits per heavy atom. The first kappa shape index (κ1) is 14.4. The lowest BCUT2D eigenvalue weighted by molar-refractivity contribution is 0.102. The molecule has 7 heteroatoms. The zero-order chi connectivity index (χ0) is 14.7. The van der Waals surface area contributed by atoms with Crippen molar-refractivity contribution in [2.24, 2.45) is 5.84 Å². The number of hydrazine groups is 1. The number of hydrogen-bond acceptors (Lipinski definition) is 3. The van der Waals surface area contributed by atoms with Crippen LogP contribution in [0.15, 0.2) is 40.9 Å². The van der Waals surface area contributed by atoms with Crippen LogP contribution >= 0.6 is 15.9 Å². The van der Waals surface area contributed by atoms with Gasteiger partial charge in [-0.2, -0.15) is 0 Å². The summed E-state index contributed by atoms with van der Waals surface area (Å²) in [5, 5.41) is 2.54. The number of benzene rings is 2. The molecule has 20 heavy (non-hydrogen) atoms. The Balaban J connectivity index is 2.26. The van der Waals surface area contributed by atoms with E-state index in [2.05, 4.69) is 21.2 Å². The summed E-state index contributed by atoms with van der Waals surface area (Å²) in [7, 11) is 0. The number of amides is 1. The van der Waals surface area contributed by atoms with E-state index in [9.17, 15) is 13.6 Å². The summed E-state index contributed by atoms with van der Waals surface area (Å²) in [6.45, 7) is 0. The first-order valence-electron chi connectivity index (χ1n) is 5.54. The van der Waals surface area contributed by atoms with Crippen molar-refractivity contribution in [1.29, 1.82) is 0 Å². The van der Waals surface area contributed by atoms with Gasteiger partial charge in [-0.05, 0) is 30.3 Å². The van der Waals surface area contributed by atoms with Gasteiger partial charge in [0, 0.05) is 15.7 Å². The maximum atomic E-state index is 13.5. The zero-order valence-corrected chi connectivity index (χ0v) is 11.7. The van der Waals surface area contributed by atoms with E-state index >= 15 is 0 Å². The van der Waals surface area contributed by atoms with E-state index in [1.165, 1.54) is 0 Å². The second kappa shape index (κ2) is 5.98. The van der Waals surface area contributed by atoms with Crippen molar-refractivity contribution < 1.29 is 13.6 Å². The first-order chi connectivity index (χ1) is 9.51. The molecule has 104 valence electrons. The minimum atomic E-state index is -0.938. The molecule has 0 radical (unpaired) electrons. The molecule has 1 amide bonds. The van der Waals surface area contributed by atoms with Crippen LogP contribution in [0.3, 0.4) is 0 Å². The number of halogens is 3. The van der Waals surface area contributed by atoms with Crippen LogP contribution in [0.1, 0.15) is 10.4 Å². The van der Waals surface area contributed by atoms with Crippen LogP contribution in [0.2, 0.25) is 0 Å². The SMILES string of the molecule is NNc1c(F)cc(C(=O)Nc2cccc(Br)c2)cc1F. The molecule has 2 aromatic rings. The maximum Gasteiger partial charge on any atom is 0.255 e. The maximum absolute atomic E-state index is 13.5. The van der Waals surface area contributed by atoms with Gasteiger partial charge >= 0.3 is 0 Å². The molecular formula is C13H10BrF2N3O. The second-order valence-corrected chi connectivity index (χ2v) is 4.84. The van der Waals surface area contributed by atoms with Gasteiger partial charge in [0.15, 0.2) is 11.6 Å². The Kier molecular flexibility index (Phi) is 4.31. The summed E-state index contributed by atoms with van der Waals surface area (Å²) < 4.78 is 27.8. The molecule has 0 saturated carbocycles. The molecule has 0 aliphatic rings. The molecule has 0 saturated heterocycles. The fraction of sp³-hybridized carbons (Fsp3) is 0. The van der Waals surface area contributed by atoms with Gasteiger partial charge in [-0.1, -0.05) is 22.0 Å². The van der Waals surface area contributed by atoms with Crippen LogP contribution in [0.25, 0.3) is 0 Å². The molecule has 0 aliphatic heterocycles. The van der Waals surface area contributed by atoms with Gasteiger partial charge in [0.1, 0.15) is 5.69 Å². The van der Waals surface area contributed by atoms with Crippen molar-refractivity contribution >= 4 is 33.2 Å². The van der Waals surface area contributed by atoms with Crippen LogP contribution in [-0.4, -0.2) is 5.91 Å². The average molecular weight is 342 g/mol. The van der Waals surface area contributed by atoms with Crippen LogP contribution in [0.4, 0.5) is 20.2 Å². The lowest BCUT2D eigenvalue weighted by atomic mass is 10.1. The zero-order valence-electron chi connectivity index (χ0n) is 10.1. The van der Waals surface area contributed by atoms with E-state index in [0.717, 1.165) is 16.6 Å². The smallest absolute Gasteiger partial charge is 0.255 e. The second-order valence-electron chi connectivity index (χ2n) is 3.92. The molecule has 0 fully saturated rings. The summed E-state index contributed by atoms with van der Waals surface area (Å²) >= 11 is 3.26. The van der Waals surface area contributed by atoms with E-state index in [-0.39, 0.29) is 5.56 Å². The van der Waals surface area contributed by atoms with Crippen molar-refractivity contribution in [3.05, 3.63) is 58.1 Å². The number of nitrogen functional groups attached to an aromatic ring is 1. The van der Waals surface area contributed by atoms with Crippen LogP contribution in [0, 0.1) is 11.6 Å². The van der Waals surface area contributed by atoms with Gasteiger partial charge in [-0.3, -0.25) is 10.6 Å². The summed E-state index contributed by atoms with van der Waals surface area (Å²) in [6, 6.07) is 8.65. The van der Waals surface area contributed by atoms with E-state index < -0.39 is 23.2 Å². The van der Waals surface area contributed by atoms with Gasteiger partial charge in [0.2, 0.25) is 0 Å². The Morgan fingerprint density at radius 2 is 1.80 bits per heavy atom.